The Morgan fingerprint density at radius 2 is 2.07 bits per heavy atom. The van der Waals surface area contributed by atoms with Crippen LogP contribution in [0.25, 0.3) is 0 Å². The molecule has 15 heavy (non-hydrogen) atoms. The number of hydrogen-bond acceptors (Lipinski definition) is 4. The molecule has 1 aromatic carbocycles. The lowest BCUT2D eigenvalue weighted by molar-refractivity contribution is -0.131. The molecule has 2 rings (SSSR count). The van der Waals surface area contributed by atoms with Crippen LogP contribution in [0.15, 0.2) is 16.6 Å². The Kier molecular flexibility index (Phi) is 2.36. The van der Waals surface area contributed by atoms with Crippen molar-refractivity contribution >= 4 is 27.7 Å². The summed E-state index contributed by atoms with van der Waals surface area (Å²) in [5, 5.41) is 8.60. The van der Waals surface area contributed by atoms with E-state index in [0.29, 0.717) is 10.2 Å². The van der Waals surface area contributed by atoms with Gasteiger partial charge >= 0.3 is 5.97 Å². The SMILES string of the molecule is O=C(O)C(=O)c1cc(Br)cc2c1OCO2. The molecule has 6 heteroatoms. The summed E-state index contributed by atoms with van der Waals surface area (Å²) in [6.07, 6.45) is 0. The van der Waals surface area contributed by atoms with Gasteiger partial charge in [-0.3, -0.25) is 4.79 Å². The van der Waals surface area contributed by atoms with Crippen LogP contribution in [-0.2, 0) is 4.79 Å². The molecule has 0 atom stereocenters. The Labute approximate surface area is 92.7 Å². The normalized spacial score (nSPS) is 12.6. The number of rotatable bonds is 2. The number of hydrogen-bond donors (Lipinski definition) is 1. The highest BCUT2D eigenvalue weighted by Crippen LogP contribution is 2.38. The molecular formula is C9H5BrO5. The average Bonchev–Trinajstić information content (AvgIpc) is 2.62. The molecule has 0 aliphatic carbocycles. The van der Waals surface area contributed by atoms with Gasteiger partial charge in [0, 0.05) is 4.47 Å². The average molecular weight is 273 g/mol. The number of halogens is 1. The summed E-state index contributed by atoms with van der Waals surface area (Å²) in [5.74, 6) is -1.98. The molecule has 1 N–H and O–H groups in total. The van der Waals surface area contributed by atoms with Crippen molar-refractivity contribution < 1.29 is 24.2 Å². The number of carbonyl (C=O) groups is 2. The predicted octanol–water partition coefficient (Wildman–Crippen LogP) is 1.45. The number of fused-ring (bicyclic) bond motifs is 1. The Morgan fingerprint density at radius 3 is 2.73 bits per heavy atom. The maximum atomic E-state index is 11.3. The van der Waals surface area contributed by atoms with Gasteiger partial charge in [0.05, 0.1) is 5.56 Å². The van der Waals surface area contributed by atoms with Crippen LogP contribution in [0.2, 0.25) is 0 Å². The van der Waals surface area contributed by atoms with Crippen LogP contribution >= 0.6 is 15.9 Å². The van der Waals surface area contributed by atoms with E-state index in [1.54, 1.807) is 6.07 Å². The lowest BCUT2D eigenvalue weighted by Crippen LogP contribution is -2.13. The molecule has 1 aliphatic heterocycles. The van der Waals surface area contributed by atoms with E-state index in [1.807, 2.05) is 0 Å². The smallest absolute Gasteiger partial charge is 0.377 e. The third-order valence-corrected chi connectivity index (χ3v) is 2.33. The summed E-state index contributed by atoms with van der Waals surface area (Å²) in [6.45, 7) is -0.00825. The van der Waals surface area contributed by atoms with Crippen molar-refractivity contribution in [3.05, 3.63) is 22.2 Å². The van der Waals surface area contributed by atoms with Gasteiger partial charge in [0.1, 0.15) is 0 Å². The second kappa shape index (κ2) is 3.54. The molecular weight excluding hydrogens is 268 g/mol. The fourth-order valence-electron chi connectivity index (χ4n) is 1.26. The van der Waals surface area contributed by atoms with Gasteiger partial charge in [-0.1, -0.05) is 15.9 Å². The molecule has 78 valence electrons. The van der Waals surface area contributed by atoms with Crippen molar-refractivity contribution in [2.24, 2.45) is 0 Å². The van der Waals surface area contributed by atoms with Crippen LogP contribution in [-0.4, -0.2) is 23.7 Å². The van der Waals surface area contributed by atoms with Gasteiger partial charge in [-0.2, -0.15) is 0 Å². The summed E-state index contributed by atoms with van der Waals surface area (Å²) in [7, 11) is 0. The van der Waals surface area contributed by atoms with E-state index in [4.69, 9.17) is 14.6 Å². The van der Waals surface area contributed by atoms with Crippen LogP contribution in [0.4, 0.5) is 0 Å². The predicted molar refractivity (Wildman–Crippen MR) is 52.2 cm³/mol. The second-order valence-electron chi connectivity index (χ2n) is 2.82. The van der Waals surface area contributed by atoms with E-state index in [1.165, 1.54) is 6.07 Å². The van der Waals surface area contributed by atoms with Gasteiger partial charge in [-0.15, -0.1) is 0 Å². The first-order valence-corrected chi connectivity index (χ1v) is 4.75. The van der Waals surface area contributed by atoms with Crippen LogP contribution in [0.3, 0.4) is 0 Å². The summed E-state index contributed by atoms with van der Waals surface area (Å²) in [5.41, 5.74) is -0.00984. The van der Waals surface area contributed by atoms with E-state index in [-0.39, 0.29) is 18.1 Å². The molecule has 5 nitrogen and oxygen atoms in total. The zero-order chi connectivity index (χ0) is 11.0. The first-order chi connectivity index (χ1) is 7.09. The van der Waals surface area contributed by atoms with Crippen molar-refractivity contribution in [1.82, 2.24) is 0 Å². The highest BCUT2D eigenvalue weighted by molar-refractivity contribution is 9.10. The lowest BCUT2D eigenvalue weighted by atomic mass is 10.1. The van der Waals surface area contributed by atoms with Crippen LogP contribution in [0.1, 0.15) is 10.4 Å². The van der Waals surface area contributed by atoms with Gasteiger partial charge in [0.15, 0.2) is 11.5 Å². The van der Waals surface area contributed by atoms with Gasteiger partial charge in [-0.05, 0) is 12.1 Å². The standard InChI is InChI=1S/C9H5BrO5/c10-4-1-5(7(11)9(12)13)8-6(2-4)14-3-15-8/h1-2H,3H2,(H,12,13). The molecule has 0 saturated heterocycles. The maximum Gasteiger partial charge on any atom is 0.377 e. The van der Waals surface area contributed by atoms with E-state index in [2.05, 4.69) is 15.9 Å². The summed E-state index contributed by atoms with van der Waals surface area (Å²) >= 11 is 3.15. The molecule has 0 bridgehead atoms. The minimum Gasteiger partial charge on any atom is -0.475 e. The zero-order valence-corrected chi connectivity index (χ0v) is 8.91. The summed E-state index contributed by atoms with van der Waals surface area (Å²) in [6, 6.07) is 3.00. The van der Waals surface area contributed by atoms with E-state index >= 15 is 0 Å². The third kappa shape index (κ3) is 1.68. The molecule has 1 heterocycles. The van der Waals surface area contributed by atoms with E-state index in [0.717, 1.165) is 0 Å². The number of ether oxygens (including phenoxy) is 2. The molecule has 0 unspecified atom stereocenters. The first kappa shape index (κ1) is 9.97. The minimum absolute atomic E-state index is 0.00825. The lowest BCUT2D eigenvalue weighted by Gasteiger charge is -2.02. The molecule has 0 fully saturated rings. The topological polar surface area (TPSA) is 72.8 Å². The van der Waals surface area contributed by atoms with Gasteiger partial charge in [0.2, 0.25) is 6.79 Å². The molecule has 0 radical (unpaired) electrons. The van der Waals surface area contributed by atoms with Crippen molar-refractivity contribution in [2.75, 3.05) is 6.79 Å². The number of carboxylic acid groups (broad SMARTS) is 1. The van der Waals surface area contributed by atoms with Crippen LogP contribution < -0.4 is 9.47 Å². The second-order valence-corrected chi connectivity index (χ2v) is 3.74. The Balaban J connectivity index is 2.56. The van der Waals surface area contributed by atoms with E-state index in [9.17, 15) is 9.59 Å². The fourth-order valence-corrected chi connectivity index (χ4v) is 1.70. The molecule has 1 aromatic rings. The molecule has 0 spiro atoms. The number of Topliss-reactive ketones (excluding diaryl/α,β-unsaturated/α-hetero) is 1. The third-order valence-electron chi connectivity index (χ3n) is 1.88. The molecule has 1 aliphatic rings. The number of benzene rings is 1. The zero-order valence-electron chi connectivity index (χ0n) is 7.32. The quantitative estimate of drug-likeness (QED) is 0.652. The summed E-state index contributed by atoms with van der Waals surface area (Å²) < 4.78 is 10.6. The summed E-state index contributed by atoms with van der Waals surface area (Å²) in [4.78, 5) is 21.9. The minimum atomic E-state index is -1.52. The van der Waals surface area contributed by atoms with E-state index < -0.39 is 11.8 Å². The highest BCUT2D eigenvalue weighted by atomic mass is 79.9. The Morgan fingerprint density at radius 1 is 1.33 bits per heavy atom. The molecule has 0 aromatic heterocycles. The van der Waals surface area contributed by atoms with Gasteiger partial charge in [0.25, 0.3) is 5.78 Å². The first-order valence-electron chi connectivity index (χ1n) is 3.96. The largest absolute Gasteiger partial charge is 0.475 e. The van der Waals surface area contributed by atoms with Crippen molar-refractivity contribution in [1.29, 1.82) is 0 Å². The molecule has 0 amide bonds. The fraction of sp³-hybridized carbons (Fsp3) is 0.111. The van der Waals surface area contributed by atoms with Crippen molar-refractivity contribution in [3.63, 3.8) is 0 Å². The number of ketones is 1. The highest BCUT2D eigenvalue weighted by Gasteiger charge is 2.26. The maximum absolute atomic E-state index is 11.3. The van der Waals surface area contributed by atoms with Gasteiger partial charge in [-0.25, -0.2) is 4.79 Å². The number of carboxylic acids is 1. The number of carbonyl (C=O) groups excluding carboxylic acids is 1. The Bertz CT molecular complexity index is 454. The van der Waals surface area contributed by atoms with Crippen LogP contribution in [0, 0.1) is 0 Å². The molecule has 0 saturated carbocycles. The monoisotopic (exact) mass is 272 g/mol. The van der Waals surface area contributed by atoms with Crippen LogP contribution in [0.5, 0.6) is 11.5 Å². The Hall–Kier alpha value is -1.56. The number of aliphatic carboxylic acids is 1. The van der Waals surface area contributed by atoms with Crippen molar-refractivity contribution in [3.8, 4) is 11.5 Å². The van der Waals surface area contributed by atoms with Crippen molar-refractivity contribution in [2.45, 2.75) is 0 Å². The van der Waals surface area contributed by atoms with Gasteiger partial charge < -0.3 is 14.6 Å².